The van der Waals surface area contributed by atoms with Gasteiger partial charge in [-0.3, -0.25) is 0 Å². The molecule has 0 bridgehead atoms. The predicted octanol–water partition coefficient (Wildman–Crippen LogP) is 3.76. The van der Waals surface area contributed by atoms with Crippen LogP contribution in [0.15, 0.2) is 24.3 Å². The van der Waals surface area contributed by atoms with Crippen LogP contribution in [0.1, 0.15) is 44.6 Å². The summed E-state index contributed by atoms with van der Waals surface area (Å²) < 4.78 is 5.68. The average molecular weight is 259 g/mol. The van der Waals surface area contributed by atoms with Crippen LogP contribution in [-0.2, 0) is 6.54 Å². The topological polar surface area (TPSA) is 21.3 Å². The van der Waals surface area contributed by atoms with Gasteiger partial charge < -0.3 is 10.1 Å². The van der Waals surface area contributed by atoms with Gasteiger partial charge >= 0.3 is 0 Å². The summed E-state index contributed by atoms with van der Waals surface area (Å²) in [6.07, 6.45) is 10.7. The first kappa shape index (κ1) is 15.6. The molecule has 19 heavy (non-hydrogen) atoms. The molecular formula is C17H25NO. The number of hydrogen-bond acceptors (Lipinski definition) is 2. The maximum Gasteiger partial charge on any atom is 0.119 e. The van der Waals surface area contributed by atoms with Crippen LogP contribution in [0, 0.1) is 12.3 Å². The standard InChI is InChI=1S/C17H25NO/c1-3-5-7-13-18-15-16-9-11-17(12-10-16)19-14-8-6-4-2/h1,9-12,18H,4-8,13-15H2,2H3. The maximum absolute atomic E-state index is 5.68. The summed E-state index contributed by atoms with van der Waals surface area (Å²) in [4.78, 5) is 0. The highest BCUT2D eigenvalue weighted by Crippen LogP contribution is 2.12. The fraction of sp³-hybridized carbons (Fsp3) is 0.529. The van der Waals surface area contributed by atoms with Gasteiger partial charge in [-0.15, -0.1) is 12.3 Å². The van der Waals surface area contributed by atoms with Gasteiger partial charge in [-0.2, -0.15) is 0 Å². The number of unbranched alkanes of at least 4 members (excludes halogenated alkanes) is 3. The molecule has 0 aliphatic carbocycles. The lowest BCUT2D eigenvalue weighted by Gasteiger charge is -2.07. The quantitative estimate of drug-likeness (QED) is 0.510. The first-order valence-electron chi connectivity index (χ1n) is 7.22. The Bertz CT molecular complexity index is 364. The van der Waals surface area contributed by atoms with Gasteiger partial charge in [0, 0.05) is 13.0 Å². The van der Waals surface area contributed by atoms with Crippen molar-refractivity contribution in [2.45, 2.75) is 45.6 Å². The Morgan fingerprint density at radius 3 is 2.63 bits per heavy atom. The third-order valence-corrected chi connectivity index (χ3v) is 2.94. The zero-order valence-electron chi connectivity index (χ0n) is 12.0. The fourth-order valence-corrected chi connectivity index (χ4v) is 1.79. The van der Waals surface area contributed by atoms with E-state index in [2.05, 4.69) is 30.3 Å². The van der Waals surface area contributed by atoms with E-state index in [0.29, 0.717) is 0 Å². The third-order valence-electron chi connectivity index (χ3n) is 2.94. The minimum absolute atomic E-state index is 0.817. The summed E-state index contributed by atoms with van der Waals surface area (Å²) in [7, 11) is 0. The van der Waals surface area contributed by atoms with Crippen LogP contribution in [0.5, 0.6) is 5.75 Å². The second-order valence-electron chi connectivity index (χ2n) is 4.68. The highest BCUT2D eigenvalue weighted by atomic mass is 16.5. The molecule has 0 radical (unpaired) electrons. The van der Waals surface area contributed by atoms with E-state index < -0.39 is 0 Å². The molecule has 0 heterocycles. The molecular weight excluding hydrogens is 234 g/mol. The number of terminal acetylenes is 1. The van der Waals surface area contributed by atoms with Gasteiger partial charge in [0.1, 0.15) is 5.75 Å². The number of ether oxygens (including phenoxy) is 1. The molecule has 1 rings (SSSR count). The van der Waals surface area contributed by atoms with Gasteiger partial charge in [0.15, 0.2) is 0 Å². The van der Waals surface area contributed by atoms with E-state index in [9.17, 15) is 0 Å². The van der Waals surface area contributed by atoms with Crippen molar-refractivity contribution in [3.8, 4) is 18.1 Å². The zero-order valence-corrected chi connectivity index (χ0v) is 12.0. The van der Waals surface area contributed by atoms with Crippen LogP contribution in [0.2, 0.25) is 0 Å². The second kappa shape index (κ2) is 10.5. The van der Waals surface area contributed by atoms with E-state index >= 15 is 0 Å². The molecule has 2 heteroatoms. The van der Waals surface area contributed by atoms with E-state index in [4.69, 9.17) is 11.2 Å². The van der Waals surface area contributed by atoms with Crippen LogP contribution in [0.3, 0.4) is 0 Å². The minimum Gasteiger partial charge on any atom is -0.494 e. The van der Waals surface area contributed by atoms with E-state index in [1.165, 1.54) is 18.4 Å². The van der Waals surface area contributed by atoms with E-state index in [0.717, 1.165) is 44.7 Å². The summed E-state index contributed by atoms with van der Waals surface area (Å²) >= 11 is 0. The van der Waals surface area contributed by atoms with Gasteiger partial charge in [0.25, 0.3) is 0 Å². The number of rotatable bonds is 10. The van der Waals surface area contributed by atoms with Crippen molar-refractivity contribution in [1.29, 1.82) is 0 Å². The normalized spacial score (nSPS) is 10.1. The summed E-state index contributed by atoms with van der Waals surface area (Å²) in [6, 6.07) is 8.32. The van der Waals surface area contributed by atoms with Crippen LogP contribution in [0.25, 0.3) is 0 Å². The number of nitrogens with one attached hydrogen (secondary N) is 1. The molecule has 1 N–H and O–H groups in total. The number of benzene rings is 1. The van der Waals surface area contributed by atoms with Crippen molar-refractivity contribution in [2.24, 2.45) is 0 Å². The minimum atomic E-state index is 0.817. The van der Waals surface area contributed by atoms with Gasteiger partial charge in [-0.1, -0.05) is 31.9 Å². The monoisotopic (exact) mass is 259 g/mol. The molecule has 0 saturated carbocycles. The van der Waals surface area contributed by atoms with E-state index in [1.807, 2.05) is 12.1 Å². The summed E-state index contributed by atoms with van der Waals surface area (Å²) in [5, 5.41) is 3.38. The summed E-state index contributed by atoms with van der Waals surface area (Å²) in [5.41, 5.74) is 1.28. The smallest absolute Gasteiger partial charge is 0.119 e. The summed E-state index contributed by atoms with van der Waals surface area (Å²) in [5.74, 6) is 3.61. The SMILES string of the molecule is C#CCCCNCc1ccc(OCCCCC)cc1. The molecule has 0 amide bonds. The van der Waals surface area contributed by atoms with Gasteiger partial charge in [-0.25, -0.2) is 0 Å². The molecule has 0 saturated heterocycles. The van der Waals surface area contributed by atoms with Gasteiger partial charge in [0.2, 0.25) is 0 Å². The van der Waals surface area contributed by atoms with Crippen LogP contribution < -0.4 is 10.1 Å². The lowest BCUT2D eigenvalue weighted by atomic mass is 10.2. The van der Waals surface area contributed by atoms with Crippen molar-refractivity contribution in [2.75, 3.05) is 13.2 Å². The third kappa shape index (κ3) is 7.54. The molecule has 0 unspecified atom stereocenters. The zero-order chi connectivity index (χ0) is 13.8. The van der Waals surface area contributed by atoms with Gasteiger partial charge in [0.05, 0.1) is 6.61 Å². The summed E-state index contributed by atoms with van der Waals surface area (Å²) in [6.45, 7) is 4.88. The first-order valence-corrected chi connectivity index (χ1v) is 7.22. The van der Waals surface area contributed by atoms with Crippen molar-refractivity contribution in [3.05, 3.63) is 29.8 Å². The number of hydrogen-bond donors (Lipinski definition) is 1. The molecule has 1 aromatic carbocycles. The molecule has 2 nitrogen and oxygen atoms in total. The molecule has 0 fully saturated rings. The first-order chi connectivity index (χ1) is 9.36. The maximum atomic E-state index is 5.68. The molecule has 1 aromatic rings. The average Bonchev–Trinajstić information content (AvgIpc) is 2.45. The van der Waals surface area contributed by atoms with Crippen LogP contribution >= 0.6 is 0 Å². The molecule has 0 atom stereocenters. The van der Waals surface area contributed by atoms with Crippen LogP contribution in [-0.4, -0.2) is 13.2 Å². The molecule has 0 aliphatic heterocycles. The molecule has 0 aliphatic rings. The molecule has 104 valence electrons. The van der Waals surface area contributed by atoms with Crippen LogP contribution in [0.4, 0.5) is 0 Å². The lowest BCUT2D eigenvalue weighted by Crippen LogP contribution is -2.14. The van der Waals surface area contributed by atoms with E-state index in [1.54, 1.807) is 0 Å². The van der Waals surface area contributed by atoms with Gasteiger partial charge in [-0.05, 0) is 37.1 Å². The van der Waals surface area contributed by atoms with Crippen molar-refractivity contribution in [1.82, 2.24) is 5.32 Å². The highest BCUT2D eigenvalue weighted by Gasteiger charge is 1.96. The predicted molar refractivity (Wildman–Crippen MR) is 81.2 cm³/mol. The molecule has 0 aromatic heterocycles. The Hall–Kier alpha value is -1.46. The largest absolute Gasteiger partial charge is 0.494 e. The Morgan fingerprint density at radius 1 is 1.16 bits per heavy atom. The van der Waals surface area contributed by atoms with Crippen molar-refractivity contribution >= 4 is 0 Å². The fourth-order valence-electron chi connectivity index (χ4n) is 1.79. The van der Waals surface area contributed by atoms with Crippen molar-refractivity contribution < 1.29 is 4.74 Å². The highest BCUT2D eigenvalue weighted by molar-refractivity contribution is 5.27. The Labute approximate surface area is 117 Å². The Kier molecular flexibility index (Phi) is 8.59. The Morgan fingerprint density at radius 2 is 1.95 bits per heavy atom. The van der Waals surface area contributed by atoms with E-state index in [-0.39, 0.29) is 0 Å². The second-order valence-corrected chi connectivity index (χ2v) is 4.68. The van der Waals surface area contributed by atoms with Crippen molar-refractivity contribution in [3.63, 3.8) is 0 Å². The lowest BCUT2D eigenvalue weighted by molar-refractivity contribution is 0.306. The Balaban J connectivity index is 2.18. The molecule has 0 spiro atoms.